The van der Waals surface area contributed by atoms with Crippen molar-refractivity contribution in [3.05, 3.63) is 24.0 Å². The van der Waals surface area contributed by atoms with Crippen molar-refractivity contribution in [2.75, 3.05) is 7.11 Å². The number of hydrogen-bond acceptors (Lipinski definition) is 2. The van der Waals surface area contributed by atoms with E-state index in [4.69, 9.17) is 16.3 Å². The van der Waals surface area contributed by atoms with Crippen LogP contribution < -0.4 is 4.74 Å². The number of methoxy groups -OCH3 is 1. The predicted octanol–water partition coefficient (Wildman–Crippen LogP) is 4.49. The van der Waals surface area contributed by atoms with E-state index < -0.39 is 0 Å². The van der Waals surface area contributed by atoms with Gasteiger partial charge in [0.15, 0.2) is 0 Å². The Labute approximate surface area is 119 Å². The topological polar surface area (TPSA) is 27.1 Å². The monoisotopic (exact) mass is 280 g/mol. The third kappa shape index (κ3) is 2.44. The zero-order chi connectivity index (χ0) is 14.2. The lowest BCUT2D eigenvalue weighted by Crippen LogP contribution is -2.27. The van der Waals surface area contributed by atoms with Crippen molar-refractivity contribution in [2.24, 2.45) is 0 Å². The average molecular weight is 281 g/mol. The Morgan fingerprint density at radius 3 is 2.63 bits per heavy atom. The van der Waals surface area contributed by atoms with E-state index >= 15 is 0 Å². The molecule has 2 rings (SSSR count). The number of benzene rings is 1. The summed E-state index contributed by atoms with van der Waals surface area (Å²) in [5.74, 6) is 1.76. The first kappa shape index (κ1) is 14.2. The van der Waals surface area contributed by atoms with Crippen LogP contribution in [0.5, 0.6) is 5.75 Å². The van der Waals surface area contributed by atoms with Crippen molar-refractivity contribution < 1.29 is 4.74 Å². The van der Waals surface area contributed by atoms with Gasteiger partial charge < -0.3 is 9.30 Å². The number of nitrogens with zero attached hydrogens (tertiary/aromatic N) is 2. The normalized spacial score (nSPS) is 13.8. The van der Waals surface area contributed by atoms with Gasteiger partial charge in [0.2, 0.25) is 0 Å². The van der Waals surface area contributed by atoms with Gasteiger partial charge >= 0.3 is 0 Å². The van der Waals surface area contributed by atoms with Crippen LogP contribution in [0.2, 0.25) is 0 Å². The molecule has 19 heavy (non-hydrogen) atoms. The van der Waals surface area contributed by atoms with Gasteiger partial charge in [0.25, 0.3) is 0 Å². The zero-order valence-electron chi connectivity index (χ0n) is 12.2. The molecule has 0 aliphatic carbocycles. The second-order valence-electron chi connectivity index (χ2n) is 5.44. The minimum absolute atomic E-state index is 0.0282. The molecule has 0 N–H and O–H groups in total. The van der Waals surface area contributed by atoms with Crippen LogP contribution in [-0.4, -0.2) is 16.7 Å². The van der Waals surface area contributed by atoms with Crippen molar-refractivity contribution in [2.45, 2.75) is 45.0 Å². The summed E-state index contributed by atoms with van der Waals surface area (Å²) in [5, 5.41) is -0.121. The molecule has 0 amide bonds. The first-order valence-electron chi connectivity index (χ1n) is 6.61. The van der Waals surface area contributed by atoms with Gasteiger partial charge in [-0.1, -0.05) is 6.92 Å². The highest BCUT2D eigenvalue weighted by molar-refractivity contribution is 6.20. The maximum absolute atomic E-state index is 6.30. The average Bonchev–Trinajstić information content (AvgIpc) is 2.77. The van der Waals surface area contributed by atoms with Crippen LogP contribution in [0, 0.1) is 0 Å². The van der Waals surface area contributed by atoms with Gasteiger partial charge in [-0.15, -0.1) is 11.6 Å². The minimum Gasteiger partial charge on any atom is -0.497 e. The van der Waals surface area contributed by atoms with Crippen molar-refractivity contribution in [3.8, 4) is 5.75 Å². The molecule has 0 spiro atoms. The molecule has 1 atom stereocenters. The zero-order valence-corrected chi connectivity index (χ0v) is 13.0. The van der Waals surface area contributed by atoms with E-state index in [2.05, 4.69) is 30.3 Å². The molecule has 1 heterocycles. The molecule has 0 aliphatic rings. The summed E-state index contributed by atoms with van der Waals surface area (Å²) in [4.78, 5) is 4.68. The lowest BCUT2D eigenvalue weighted by atomic mass is 10.0. The third-order valence-electron chi connectivity index (χ3n) is 3.71. The predicted molar refractivity (Wildman–Crippen MR) is 80.2 cm³/mol. The molecule has 0 fully saturated rings. The highest BCUT2D eigenvalue weighted by Crippen LogP contribution is 2.33. The highest BCUT2D eigenvalue weighted by Gasteiger charge is 2.26. The van der Waals surface area contributed by atoms with Gasteiger partial charge in [-0.2, -0.15) is 0 Å². The molecule has 1 aromatic heterocycles. The Morgan fingerprint density at radius 2 is 2.11 bits per heavy atom. The Bertz CT molecular complexity index is 587. The molecule has 1 aromatic carbocycles. The number of aromatic nitrogens is 2. The number of imidazole rings is 1. The smallest absolute Gasteiger partial charge is 0.128 e. The van der Waals surface area contributed by atoms with Gasteiger partial charge in [0, 0.05) is 11.6 Å². The number of alkyl halides is 1. The summed E-state index contributed by atoms with van der Waals surface area (Å²) in [6, 6.07) is 5.95. The molecule has 104 valence electrons. The molecular formula is C15H21ClN2O. The quantitative estimate of drug-likeness (QED) is 0.772. The summed E-state index contributed by atoms with van der Waals surface area (Å²) in [5.41, 5.74) is 2.01. The third-order valence-corrected chi connectivity index (χ3v) is 3.91. The van der Waals surface area contributed by atoms with Crippen LogP contribution >= 0.6 is 11.6 Å². The van der Waals surface area contributed by atoms with E-state index in [9.17, 15) is 0 Å². The fourth-order valence-electron chi connectivity index (χ4n) is 2.26. The van der Waals surface area contributed by atoms with Gasteiger partial charge in [0.05, 0.1) is 23.5 Å². The highest BCUT2D eigenvalue weighted by atomic mass is 35.5. The fourth-order valence-corrected chi connectivity index (χ4v) is 2.41. The summed E-state index contributed by atoms with van der Waals surface area (Å²) < 4.78 is 7.56. The maximum Gasteiger partial charge on any atom is 0.128 e. The number of ether oxygens (including phenoxy) is 1. The Morgan fingerprint density at radius 1 is 1.42 bits per heavy atom. The molecule has 0 radical (unpaired) electrons. The molecule has 2 aromatic rings. The van der Waals surface area contributed by atoms with E-state index in [1.807, 2.05) is 25.1 Å². The lowest BCUT2D eigenvalue weighted by molar-refractivity contribution is 0.340. The van der Waals surface area contributed by atoms with Gasteiger partial charge in [-0.3, -0.25) is 0 Å². The molecule has 0 saturated carbocycles. The van der Waals surface area contributed by atoms with Crippen molar-refractivity contribution in [1.29, 1.82) is 0 Å². The van der Waals surface area contributed by atoms with Crippen LogP contribution in [0.25, 0.3) is 11.0 Å². The molecular weight excluding hydrogens is 260 g/mol. The number of hydrogen-bond donors (Lipinski definition) is 0. The molecule has 0 bridgehead atoms. The van der Waals surface area contributed by atoms with E-state index in [0.717, 1.165) is 29.0 Å². The minimum atomic E-state index is -0.121. The number of fused-ring (bicyclic) bond motifs is 1. The number of rotatable bonds is 4. The van der Waals surface area contributed by atoms with Gasteiger partial charge in [0.1, 0.15) is 11.6 Å². The van der Waals surface area contributed by atoms with Crippen LogP contribution in [-0.2, 0) is 5.54 Å². The summed E-state index contributed by atoms with van der Waals surface area (Å²) in [6.45, 7) is 8.55. The maximum atomic E-state index is 6.30. The van der Waals surface area contributed by atoms with Gasteiger partial charge in [-0.05, 0) is 39.3 Å². The Hall–Kier alpha value is -1.22. The first-order valence-corrected chi connectivity index (χ1v) is 7.05. The summed E-state index contributed by atoms with van der Waals surface area (Å²) in [7, 11) is 1.68. The second-order valence-corrected chi connectivity index (χ2v) is 6.10. The van der Waals surface area contributed by atoms with Crippen molar-refractivity contribution in [3.63, 3.8) is 0 Å². The van der Waals surface area contributed by atoms with Crippen LogP contribution in [0.15, 0.2) is 18.2 Å². The molecule has 0 saturated heterocycles. The van der Waals surface area contributed by atoms with E-state index in [-0.39, 0.29) is 10.9 Å². The van der Waals surface area contributed by atoms with Crippen LogP contribution in [0.3, 0.4) is 0 Å². The Kier molecular flexibility index (Phi) is 3.77. The van der Waals surface area contributed by atoms with Gasteiger partial charge in [-0.25, -0.2) is 4.98 Å². The Balaban J connectivity index is 2.78. The standard InChI is InChI=1S/C15H21ClN2O/c1-6-15(3,4)18-13-9-11(19-5)7-8-12(13)17-14(18)10(2)16/h7-10H,6H2,1-5H3. The second kappa shape index (κ2) is 5.04. The molecule has 4 heteroatoms. The van der Waals surface area contributed by atoms with E-state index in [1.54, 1.807) is 7.11 Å². The number of halogens is 1. The summed E-state index contributed by atoms with van der Waals surface area (Å²) in [6.07, 6.45) is 1.01. The molecule has 1 unspecified atom stereocenters. The lowest BCUT2D eigenvalue weighted by Gasteiger charge is -2.28. The largest absolute Gasteiger partial charge is 0.497 e. The van der Waals surface area contributed by atoms with E-state index in [1.165, 1.54) is 0 Å². The molecule has 0 aliphatic heterocycles. The molecule has 3 nitrogen and oxygen atoms in total. The van der Waals surface area contributed by atoms with Crippen molar-refractivity contribution >= 4 is 22.6 Å². The summed E-state index contributed by atoms with van der Waals surface area (Å²) >= 11 is 6.30. The van der Waals surface area contributed by atoms with Crippen LogP contribution in [0.1, 0.15) is 45.3 Å². The fraction of sp³-hybridized carbons (Fsp3) is 0.533. The SMILES string of the molecule is CCC(C)(C)n1c(C(C)Cl)nc2ccc(OC)cc21. The van der Waals surface area contributed by atoms with Crippen molar-refractivity contribution in [1.82, 2.24) is 9.55 Å². The first-order chi connectivity index (χ1) is 8.90. The van der Waals surface area contributed by atoms with E-state index in [0.29, 0.717) is 0 Å². The van der Waals surface area contributed by atoms with Crippen LogP contribution in [0.4, 0.5) is 0 Å².